The van der Waals surface area contributed by atoms with Gasteiger partial charge in [0.25, 0.3) is 5.91 Å². The van der Waals surface area contributed by atoms with Gasteiger partial charge in [0.2, 0.25) is 5.91 Å². The highest BCUT2D eigenvalue weighted by atomic mass is 19.1. The average Bonchev–Trinajstić information content (AvgIpc) is 3.01. The lowest BCUT2D eigenvalue weighted by Gasteiger charge is -2.20. The third-order valence-electron chi connectivity index (χ3n) is 4.03. The van der Waals surface area contributed by atoms with E-state index in [0.717, 1.165) is 12.8 Å². The van der Waals surface area contributed by atoms with Crippen LogP contribution in [-0.2, 0) is 9.59 Å². The molecule has 2 rings (SSSR count). The number of benzene rings is 1. The molecule has 0 aromatic heterocycles. The third-order valence-corrected chi connectivity index (χ3v) is 4.03. The van der Waals surface area contributed by atoms with Gasteiger partial charge in [0.05, 0.1) is 5.69 Å². The van der Waals surface area contributed by atoms with E-state index in [4.69, 9.17) is 5.73 Å². The zero-order valence-electron chi connectivity index (χ0n) is 14.0. The molecule has 0 bridgehead atoms. The lowest BCUT2D eigenvalue weighted by Crippen LogP contribution is -2.40. The second-order valence-corrected chi connectivity index (χ2v) is 5.73. The molecule has 0 saturated heterocycles. The van der Waals surface area contributed by atoms with Gasteiger partial charge in [-0.25, -0.2) is 4.39 Å². The number of unbranched alkanes of at least 4 members (excludes halogenated alkanes) is 1. The van der Waals surface area contributed by atoms with Crippen molar-refractivity contribution in [1.29, 1.82) is 0 Å². The van der Waals surface area contributed by atoms with E-state index in [9.17, 15) is 14.0 Å². The van der Waals surface area contributed by atoms with Crippen LogP contribution in [0.3, 0.4) is 0 Å². The van der Waals surface area contributed by atoms with Crippen LogP contribution in [0, 0.1) is 5.82 Å². The average molecular weight is 334 g/mol. The second-order valence-electron chi connectivity index (χ2n) is 5.73. The summed E-state index contributed by atoms with van der Waals surface area (Å²) in [5.41, 5.74) is 6.29. The van der Waals surface area contributed by atoms with Gasteiger partial charge in [0, 0.05) is 19.5 Å². The van der Waals surface area contributed by atoms with E-state index in [2.05, 4.69) is 12.0 Å². The highest BCUT2D eigenvalue weighted by Crippen LogP contribution is 2.25. The molecule has 1 aliphatic heterocycles. The minimum Gasteiger partial charge on any atom is -0.368 e. The van der Waals surface area contributed by atoms with Crippen molar-refractivity contribution in [2.45, 2.75) is 39.2 Å². The Hall–Kier alpha value is -2.44. The van der Waals surface area contributed by atoms with E-state index >= 15 is 0 Å². The van der Waals surface area contributed by atoms with E-state index in [0.29, 0.717) is 24.5 Å². The highest BCUT2D eigenvalue weighted by Gasteiger charge is 2.36. The smallest absolute Gasteiger partial charge is 0.270 e. The van der Waals surface area contributed by atoms with Gasteiger partial charge in [0.15, 0.2) is 0 Å². The van der Waals surface area contributed by atoms with E-state index in [-0.39, 0.29) is 18.1 Å². The van der Waals surface area contributed by atoms with Gasteiger partial charge >= 0.3 is 0 Å². The van der Waals surface area contributed by atoms with E-state index in [1.54, 1.807) is 4.90 Å². The standard InChI is InChI=1S/C17H23FN4O2/c1-3-5-10-21(4-2)17(24)14-11-15(16(19)23)22(20-14)13-8-6-12(18)7-9-13/h6-9,15H,3-5,10-11H2,1-2H3,(H2,19,23)/t15-/m1/s1. The SMILES string of the molecule is CCCCN(CC)C(=O)C1=NN(c2ccc(F)cc2)[C@@H](C(N)=O)C1. The molecule has 1 aromatic carbocycles. The Balaban J connectivity index is 2.24. The van der Waals surface area contributed by atoms with Crippen molar-refractivity contribution in [3.8, 4) is 0 Å². The third kappa shape index (κ3) is 3.90. The predicted octanol–water partition coefficient (Wildman–Crippen LogP) is 1.89. The van der Waals surface area contributed by atoms with E-state index in [1.165, 1.54) is 29.3 Å². The van der Waals surface area contributed by atoms with Crippen LogP contribution in [0.25, 0.3) is 0 Å². The molecule has 1 heterocycles. The molecule has 1 atom stereocenters. The van der Waals surface area contributed by atoms with Crippen LogP contribution in [0.1, 0.15) is 33.1 Å². The lowest BCUT2D eigenvalue weighted by atomic mass is 10.1. The first-order valence-electron chi connectivity index (χ1n) is 8.18. The van der Waals surface area contributed by atoms with Crippen LogP contribution in [0.4, 0.5) is 10.1 Å². The summed E-state index contributed by atoms with van der Waals surface area (Å²) in [6.45, 7) is 5.20. The number of anilines is 1. The van der Waals surface area contributed by atoms with Crippen LogP contribution in [0.15, 0.2) is 29.4 Å². The number of amides is 2. The summed E-state index contributed by atoms with van der Waals surface area (Å²) in [7, 11) is 0. The molecule has 24 heavy (non-hydrogen) atoms. The van der Waals surface area contributed by atoms with Crippen molar-refractivity contribution in [2.24, 2.45) is 10.8 Å². The van der Waals surface area contributed by atoms with Crippen molar-refractivity contribution in [2.75, 3.05) is 18.1 Å². The fraction of sp³-hybridized carbons (Fsp3) is 0.471. The molecule has 7 heteroatoms. The zero-order chi connectivity index (χ0) is 17.7. The summed E-state index contributed by atoms with van der Waals surface area (Å²) in [5, 5.41) is 5.71. The van der Waals surface area contributed by atoms with E-state index in [1.807, 2.05) is 6.92 Å². The fourth-order valence-corrected chi connectivity index (χ4v) is 2.63. The Morgan fingerprint density at radius 1 is 1.33 bits per heavy atom. The highest BCUT2D eigenvalue weighted by molar-refractivity contribution is 6.40. The largest absolute Gasteiger partial charge is 0.368 e. The van der Waals surface area contributed by atoms with Crippen LogP contribution < -0.4 is 10.7 Å². The van der Waals surface area contributed by atoms with Crippen molar-refractivity contribution in [1.82, 2.24) is 4.90 Å². The Bertz CT molecular complexity index is 630. The molecule has 2 N–H and O–H groups in total. The van der Waals surface area contributed by atoms with Crippen molar-refractivity contribution in [3.63, 3.8) is 0 Å². The van der Waals surface area contributed by atoms with Gasteiger partial charge in [-0.15, -0.1) is 0 Å². The molecule has 0 aliphatic carbocycles. The molecule has 0 spiro atoms. The number of carbonyl (C=O) groups excluding carboxylic acids is 2. The zero-order valence-corrected chi connectivity index (χ0v) is 14.0. The molecule has 1 aliphatic rings. The maximum absolute atomic E-state index is 13.1. The Morgan fingerprint density at radius 2 is 2.00 bits per heavy atom. The van der Waals surface area contributed by atoms with Gasteiger partial charge in [-0.2, -0.15) is 5.10 Å². The summed E-state index contributed by atoms with van der Waals surface area (Å²) in [4.78, 5) is 26.1. The van der Waals surface area contributed by atoms with Crippen molar-refractivity contribution < 1.29 is 14.0 Å². The first-order chi connectivity index (χ1) is 11.5. The minimum atomic E-state index is -0.737. The van der Waals surface area contributed by atoms with Gasteiger partial charge in [0.1, 0.15) is 17.6 Å². The van der Waals surface area contributed by atoms with Crippen LogP contribution in [0.2, 0.25) is 0 Å². The number of rotatable bonds is 7. The first-order valence-corrected chi connectivity index (χ1v) is 8.18. The number of carbonyl (C=O) groups is 2. The van der Waals surface area contributed by atoms with Gasteiger partial charge in [-0.1, -0.05) is 13.3 Å². The lowest BCUT2D eigenvalue weighted by molar-refractivity contribution is -0.124. The molecule has 0 radical (unpaired) electrons. The molecule has 0 fully saturated rings. The van der Waals surface area contributed by atoms with Crippen molar-refractivity contribution in [3.05, 3.63) is 30.1 Å². The number of hydrogen-bond donors (Lipinski definition) is 1. The molecule has 1 aromatic rings. The molecular weight excluding hydrogens is 311 g/mol. The van der Waals surface area contributed by atoms with Crippen LogP contribution >= 0.6 is 0 Å². The molecular formula is C17H23FN4O2. The van der Waals surface area contributed by atoms with Crippen LogP contribution in [-0.4, -0.2) is 41.6 Å². The number of halogens is 1. The Kier molecular flexibility index (Phi) is 5.89. The summed E-state index contributed by atoms with van der Waals surface area (Å²) < 4.78 is 13.1. The topological polar surface area (TPSA) is 79.0 Å². The van der Waals surface area contributed by atoms with Crippen LogP contribution in [0.5, 0.6) is 0 Å². The van der Waals surface area contributed by atoms with Gasteiger partial charge in [-0.05, 0) is 37.6 Å². The number of nitrogens with zero attached hydrogens (tertiary/aromatic N) is 3. The molecule has 0 unspecified atom stereocenters. The first kappa shape index (κ1) is 17.9. The summed E-state index contributed by atoms with van der Waals surface area (Å²) >= 11 is 0. The molecule has 130 valence electrons. The van der Waals surface area contributed by atoms with Gasteiger partial charge < -0.3 is 10.6 Å². The normalized spacial score (nSPS) is 16.9. The predicted molar refractivity (Wildman–Crippen MR) is 91.1 cm³/mol. The minimum absolute atomic E-state index is 0.161. The number of nitrogens with two attached hydrogens (primary N) is 1. The van der Waals surface area contributed by atoms with E-state index < -0.39 is 11.9 Å². The number of hydrazone groups is 1. The Labute approximate surface area is 141 Å². The summed E-state index contributed by atoms with van der Waals surface area (Å²) in [5.74, 6) is -1.13. The summed E-state index contributed by atoms with van der Waals surface area (Å²) in [6, 6.07) is 4.84. The van der Waals surface area contributed by atoms with Gasteiger partial charge in [-0.3, -0.25) is 14.6 Å². The molecule has 2 amide bonds. The Morgan fingerprint density at radius 3 is 2.54 bits per heavy atom. The maximum atomic E-state index is 13.1. The molecule has 0 saturated carbocycles. The summed E-state index contributed by atoms with van der Waals surface area (Å²) in [6.07, 6.45) is 2.06. The monoisotopic (exact) mass is 334 g/mol. The molecule has 6 nitrogen and oxygen atoms in total. The quantitative estimate of drug-likeness (QED) is 0.827. The second kappa shape index (κ2) is 7.90. The number of primary amides is 1. The maximum Gasteiger partial charge on any atom is 0.270 e. The van der Waals surface area contributed by atoms with Crippen molar-refractivity contribution >= 4 is 23.2 Å². The fourth-order valence-electron chi connectivity index (χ4n) is 2.63. The number of hydrogen-bond acceptors (Lipinski definition) is 4.